The Hall–Kier alpha value is -1.39. The van der Waals surface area contributed by atoms with E-state index in [1.165, 1.54) is 6.07 Å². The Balaban J connectivity index is 2.13. The summed E-state index contributed by atoms with van der Waals surface area (Å²) in [7, 11) is 0. The lowest BCUT2D eigenvalue weighted by atomic mass is 10.3. The lowest BCUT2D eigenvalue weighted by Crippen LogP contribution is -2.18. The van der Waals surface area contributed by atoms with Gasteiger partial charge in [-0.2, -0.15) is 0 Å². The first kappa shape index (κ1) is 10.1. The fourth-order valence-electron chi connectivity index (χ4n) is 1.18. The molecule has 5 heteroatoms. The maximum absolute atomic E-state index is 12.0. The van der Waals surface area contributed by atoms with Gasteiger partial charge in [-0.3, -0.25) is 0 Å². The van der Waals surface area contributed by atoms with Gasteiger partial charge in [0.15, 0.2) is 5.75 Å². The second-order valence-electron chi connectivity index (χ2n) is 3.38. The number of rotatable bonds is 3. The van der Waals surface area contributed by atoms with Crippen LogP contribution in [0.5, 0.6) is 5.75 Å². The van der Waals surface area contributed by atoms with Crippen molar-refractivity contribution >= 4 is 5.69 Å². The molecule has 1 fully saturated rings. The Labute approximate surface area is 85.0 Å². The van der Waals surface area contributed by atoms with Crippen molar-refractivity contribution in [3.05, 3.63) is 24.3 Å². The van der Waals surface area contributed by atoms with Crippen molar-refractivity contribution in [3.8, 4) is 5.75 Å². The van der Waals surface area contributed by atoms with Gasteiger partial charge in [0.05, 0.1) is 5.69 Å². The van der Waals surface area contributed by atoms with Gasteiger partial charge in [-0.05, 0) is 18.9 Å². The number of ether oxygens (including phenoxy) is 1. The molecule has 2 rings (SSSR count). The quantitative estimate of drug-likeness (QED) is 0.838. The lowest BCUT2D eigenvalue weighted by molar-refractivity contribution is -0.274. The summed E-state index contributed by atoms with van der Waals surface area (Å²) in [6.07, 6.45) is -2.70. The molecule has 0 unspecified atom stereocenters. The number of para-hydroxylation sites is 1. The van der Waals surface area contributed by atoms with Crippen LogP contribution in [0.4, 0.5) is 18.9 Å². The molecule has 0 saturated heterocycles. The van der Waals surface area contributed by atoms with Gasteiger partial charge < -0.3 is 10.1 Å². The van der Waals surface area contributed by atoms with Crippen LogP contribution in [0.25, 0.3) is 0 Å². The maximum atomic E-state index is 12.0. The summed E-state index contributed by atoms with van der Waals surface area (Å²) in [4.78, 5) is 0. The smallest absolute Gasteiger partial charge is 0.403 e. The molecule has 81 valence electrons. The van der Waals surface area contributed by atoms with E-state index in [9.17, 15) is 13.2 Å². The fraction of sp³-hybridized carbons (Fsp3) is 0.400. The molecule has 1 radical (unpaired) electrons. The predicted octanol–water partition coefficient (Wildman–Crippen LogP) is 2.96. The fourth-order valence-corrected chi connectivity index (χ4v) is 1.18. The number of anilines is 1. The van der Waals surface area contributed by atoms with E-state index in [1.54, 1.807) is 12.1 Å². The van der Waals surface area contributed by atoms with E-state index in [0.29, 0.717) is 5.69 Å². The van der Waals surface area contributed by atoms with Gasteiger partial charge in [-0.1, -0.05) is 12.1 Å². The summed E-state index contributed by atoms with van der Waals surface area (Å²) in [5, 5.41) is 2.95. The highest BCUT2D eigenvalue weighted by atomic mass is 19.4. The summed E-state index contributed by atoms with van der Waals surface area (Å²) < 4.78 is 39.9. The summed E-state index contributed by atoms with van der Waals surface area (Å²) in [5.41, 5.74) is 0.345. The zero-order valence-corrected chi connectivity index (χ0v) is 7.77. The number of halogens is 3. The Morgan fingerprint density at radius 2 is 2.13 bits per heavy atom. The predicted molar refractivity (Wildman–Crippen MR) is 48.6 cm³/mol. The molecule has 15 heavy (non-hydrogen) atoms. The average Bonchev–Trinajstić information content (AvgIpc) is 2.89. The van der Waals surface area contributed by atoms with Crippen molar-refractivity contribution in [1.82, 2.24) is 0 Å². The monoisotopic (exact) mass is 216 g/mol. The Bertz CT molecular complexity index is 347. The summed E-state index contributed by atoms with van der Waals surface area (Å²) in [6.45, 7) is 0. The van der Waals surface area contributed by atoms with Gasteiger partial charge in [-0.15, -0.1) is 13.2 Å². The molecule has 0 amide bonds. The number of benzene rings is 1. The van der Waals surface area contributed by atoms with E-state index in [0.717, 1.165) is 12.8 Å². The highest BCUT2D eigenvalue weighted by molar-refractivity contribution is 5.56. The van der Waals surface area contributed by atoms with E-state index in [4.69, 9.17) is 0 Å². The average molecular weight is 216 g/mol. The molecule has 0 aliphatic heterocycles. The molecule has 0 bridgehead atoms. The van der Waals surface area contributed by atoms with Crippen LogP contribution in [0, 0.1) is 6.07 Å². The zero-order chi connectivity index (χ0) is 10.9. The second kappa shape index (κ2) is 3.64. The van der Waals surface area contributed by atoms with Crippen LogP contribution in [-0.4, -0.2) is 12.4 Å². The Morgan fingerprint density at radius 1 is 1.40 bits per heavy atom. The molecule has 0 spiro atoms. The molecule has 1 aliphatic rings. The standard InChI is InChI=1S/C10H9F3NO/c11-10(12,13)15-9-4-2-1-3-8(9)14-7-5-6-7/h1-3,7,14H,5-6H2. The first-order valence-corrected chi connectivity index (χ1v) is 4.57. The summed E-state index contributed by atoms with van der Waals surface area (Å²) >= 11 is 0. The van der Waals surface area contributed by atoms with Crippen LogP contribution in [-0.2, 0) is 0 Å². The molecule has 2 nitrogen and oxygen atoms in total. The molecule has 1 N–H and O–H groups in total. The van der Waals surface area contributed by atoms with Gasteiger partial charge in [0.1, 0.15) is 0 Å². The molecule has 1 aromatic rings. The molecule has 0 atom stereocenters. The molecule has 0 aromatic heterocycles. The Kier molecular flexibility index (Phi) is 2.46. The zero-order valence-electron chi connectivity index (χ0n) is 7.77. The van der Waals surface area contributed by atoms with Crippen molar-refractivity contribution in [1.29, 1.82) is 0 Å². The normalized spacial score (nSPS) is 16.2. The topological polar surface area (TPSA) is 21.3 Å². The highest BCUT2D eigenvalue weighted by Crippen LogP contribution is 2.33. The third-order valence-corrected chi connectivity index (χ3v) is 1.97. The van der Waals surface area contributed by atoms with E-state index < -0.39 is 6.36 Å². The molecule has 1 saturated carbocycles. The number of hydrogen-bond acceptors (Lipinski definition) is 2. The largest absolute Gasteiger partial charge is 0.573 e. The van der Waals surface area contributed by atoms with Gasteiger partial charge in [-0.25, -0.2) is 0 Å². The van der Waals surface area contributed by atoms with Crippen LogP contribution in [0.2, 0.25) is 0 Å². The third-order valence-electron chi connectivity index (χ3n) is 1.97. The van der Waals surface area contributed by atoms with Crippen LogP contribution < -0.4 is 10.1 Å². The minimum Gasteiger partial charge on any atom is -0.403 e. The first-order valence-electron chi connectivity index (χ1n) is 4.57. The van der Waals surface area contributed by atoms with Crippen molar-refractivity contribution in [2.45, 2.75) is 25.2 Å². The van der Waals surface area contributed by atoms with E-state index in [1.807, 2.05) is 0 Å². The summed E-state index contributed by atoms with van der Waals surface area (Å²) in [6, 6.07) is 7.25. The van der Waals surface area contributed by atoms with Gasteiger partial charge in [0, 0.05) is 12.1 Å². The lowest BCUT2D eigenvalue weighted by Gasteiger charge is -2.13. The van der Waals surface area contributed by atoms with Gasteiger partial charge in [0.2, 0.25) is 0 Å². The SMILES string of the molecule is FC(F)(F)Oc1[c]cccc1NC1CC1. The summed E-state index contributed by atoms with van der Waals surface area (Å²) in [5.74, 6) is -0.295. The third kappa shape index (κ3) is 3.04. The van der Waals surface area contributed by atoms with Crippen LogP contribution in [0.15, 0.2) is 18.2 Å². The second-order valence-corrected chi connectivity index (χ2v) is 3.38. The van der Waals surface area contributed by atoms with E-state index in [-0.39, 0.29) is 11.8 Å². The number of alkyl halides is 3. The minimum absolute atomic E-state index is 0.274. The Morgan fingerprint density at radius 3 is 2.73 bits per heavy atom. The van der Waals surface area contributed by atoms with Crippen LogP contribution in [0.1, 0.15) is 12.8 Å². The van der Waals surface area contributed by atoms with Crippen LogP contribution in [0.3, 0.4) is 0 Å². The highest BCUT2D eigenvalue weighted by Gasteiger charge is 2.32. The van der Waals surface area contributed by atoms with Crippen molar-refractivity contribution in [3.63, 3.8) is 0 Å². The molecule has 0 heterocycles. The van der Waals surface area contributed by atoms with Crippen LogP contribution >= 0.6 is 0 Å². The molecular formula is C10H9F3NO. The van der Waals surface area contributed by atoms with Crippen molar-refractivity contribution < 1.29 is 17.9 Å². The molecule has 1 aromatic carbocycles. The number of hydrogen-bond donors (Lipinski definition) is 1. The van der Waals surface area contributed by atoms with Crippen molar-refractivity contribution in [2.75, 3.05) is 5.32 Å². The molecule has 1 aliphatic carbocycles. The first-order chi connectivity index (χ1) is 7.04. The van der Waals surface area contributed by atoms with E-state index >= 15 is 0 Å². The number of nitrogens with one attached hydrogen (secondary N) is 1. The van der Waals surface area contributed by atoms with Crippen molar-refractivity contribution in [2.24, 2.45) is 0 Å². The van der Waals surface area contributed by atoms with Gasteiger partial charge in [0.25, 0.3) is 0 Å². The van der Waals surface area contributed by atoms with Gasteiger partial charge >= 0.3 is 6.36 Å². The van der Waals surface area contributed by atoms with E-state index in [2.05, 4.69) is 16.1 Å². The molecular weight excluding hydrogens is 207 g/mol. The maximum Gasteiger partial charge on any atom is 0.573 e. The minimum atomic E-state index is -4.67.